The van der Waals surface area contributed by atoms with Gasteiger partial charge in [0.15, 0.2) is 5.78 Å². The number of Topliss-reactive ketones (excluding diaryl/α,β-unsaturated/α-hetero) is 2. The number of rotatable bonds is 12. The third-order valence-corrected chi connectivity index (χ3v) is 4.01. The number of nitrogens with two attached hydrogens (primary N) is 1. The Bertz CT molecular complexity index is 638. The molecule has 0 amide bonds. The number of hydrogen-bond acceptors (Lipinski definition) is 6. The standard InChI is InChI=1S/C17H26N6O2/c1-2-3-17(25)15(7-13-9-20-11-23-13)21-5-4-16(24)14(18)6-12-8-19-10-22-12/h8-11,14-15,21H,2-7,18H2,1H3,(H,19,22)(H,20,23)/t14-,15-/m0/s1. The maximum atomic E-state index is 12.3. The van der Waals surface area contributed by atoms with Gasteiger partial charge in [0, 0.05) is 44.6 Å². The minimum absolute atomic E-state index is 0.0445. The Labute approximate surface area is 147 Å². The van der Waals surface area contributed by atoms with Crippen molar-refractivity contribution in [3.8, 4) is 0 Å². The highest BCUT2D eigenvalue weighted by Gasteiger charge is 2.20. The monoisotopic (exact) mass is 346 g/mol. The largest absolute Gasteiger partial charge is 0.351 e. The van der Waals surface area contributed by atoms with Gasteiger partial charge in [0.05, 0.1) is 36.1 Å². The second kappa shape index (κ2) is 9.85. The van der Waals surface area contributed by atoms with E-state index in [-0.39, 0.29) is 24.0 Å². The van der Waals surface area contributed by atoms with Crippen LogP contribution in [-0.4, -0.2) is 50.1 Å². The van der Waals surface area contributed by atoms with Crippen molar-refractivity contribution in [1.82, 2.24) is 25.3 Å². The zero-order valence-corrected chi connectivity index (χ0v) is 14.5. The van der Waals surface area contributed by atoms with Gasteiger partial charge in [-0.25, -0.2) is 9.97 Å². The fourth-order valence-corrected chi connectivity index (χ4v) is 2.63. The topological polar surface area (TPSA) is 130 Å². The molecule has 2 atom stereocenters. The molecule has 8 nitrogen and oxygen atoms in total. The van der Waals surface area contributed by atoms with Gasteiger partial charge in [0.1, 0.15) is 5.78 Å². The molecule has 5 N–H and O–H groups in total. The average molecular weight is 346 g/mol. The Morgan fingerprint density at radius 1 is 1.08 bits per heavy atom. The first-order valence-electron chi connectivity index (χ1n) is 8.59. The number of imidazole rings is 2. The Balaban J connectivity index is 1.80. The zero-order valence-electron chi connectivity index (χ0n) is 14.5. The molecule has 0 fully saturated rings. The highest BCUT2D eigenvalue weighted by Crippen LogP contribution is 2.05. The van der Waals surface area contributed by atoms with E-state index >= 15 is 0 Å². The molecule has 0 radical (unpaired) electrons. The number of hydrogen-bond donors (Lipinski definition) is 4. The van der Waals surface area contributed by atoms with Crippen LogP contribution in [0.15, 0.2) is 25.0 Å². The van der Waals surface area contributed by atoms with Crippen LogP contribution in [0.1, 0.15) is 37.6 Å². The van der Waals surface area contributed by atoms with Gasteiger partial charge >= 0.3 is 0 Å². The van der Waals surface area contributed by atoms with Gasteiger partial charge in [-0.1, -0.05) is 6.92 Å². The molecule has 136 valence electrons. The van der Waals surface area contributed by atoms with Gasteiger partial charge in [0.25, 0.3) is 0 Å². The summed E-state index contributed by atoms with van der Waals surface area (Å²) >= 11 is 0. The molecule has 0 aliphatic rings. The van der Waals surface area contributed by atoms with Gasteiger partial charge in [-0.15, -0.1) is 0 Å². The SMILES string of the molecule is CCCC(=O)[C@H](Cc1c[nH]cn1)NCCC(=O)[C@@H](N)Cc1c[nH]cn1. The average Bonchev–Trinajstić information content (AvgIpc) is 3.27. The van der Waals surface area contributed by atoms with E-state index in [2.05, 4.69) is 25.3 Å². The summed E-state index contributed by atoms with van der Waals surface area (Å²) in [5, 5.41) is 3.19. The molecule has 0 bridgehead atoms. The molecule has 0 saturated heterocycles. The zero-order chi connectivity index (χ0) is 18.1. The number of carbonyl (C=O) groups is 2. The molecule has 25 heavy (non-hydrogen) atoms. The molecular weight excluding hydrogens is 320 g/mol. The molecule has 0 aromatic carbocycles. The van der Waals surface area contributed by atoms with E-state index in [4.69, 9.17) is 5.73 Å². The van der Waals surface area contributed by atoms with Crippen molar-refractivity contribution in [3.05, 3.63) is 36.4 Å². The Hall–Kier alpha value is -2.32. The van der Waals surface area contributed by atoms with E-state index in [9.17, 15) is 9.59 Å². The van der Waals surface area contributed by atoms with Crippen LogP contribution in [0.4, 0.5) is 0 Å². The maximum absolute atomic E-state index is 12.3. The highest BCUT2D eigenvalue weighted by molar-refractivity contribution is 5.85. The fraction of sp³-hybridized carbons (Fsp3) is 0.529. The summed E-state index contributed by atoms with van der Waals surface area (Å²) < 4.78 is 0. The van der Waals surface area contributed by atoms with Crippen LogP contribution in [0.2, 0.25) is 0 Å². The summed E-state index contributed by atoms with van der Waals surface area (Å²) in [6.45, 7) is 2.39. The molecule has 2 heterocycles. The first-order valence-corrected chi connectivity index (χ1v) is 8.59. The third kappa shape index (κ3) is 6.24. The number of ketones is 2. The molecule has 8 heteroatoms. The van der Waals surface area contributed by atoms with Gasteiger partial charge in [-0.2, -0.15) is 0 Å². The Kier molecular flexibility index (Phi) is 7.49. The maximum Gasteiger partial charge on any atom is 0.151 e. The number of nitrogens with one attached hydrogen (secondary N) is 3. The summed E-state index contributed by atoms with van der Waals surface area (Å²) in [6, 6.07) is -0.917. The summed E-state index contributed by atoms with van der Waals surface area (Å²) in [5.41, 5.74) is 7.52. The normalized spacial score (nSPS) is 13.5. The molecule has 2 aromatic rings. The van der Waals surface area contributed by atoms with Crippen LogP contribution in [-0.2, 0) is 22.4 Å². The predicted molar refractivity (Wildman–Crippen MR) is 93.9 cm³/mol. The predicted octanol–water partition coefficient (Wildman–Crippen LogP) is 0.532. The fourth-order valence-electron chi connectivity index (χ4n) is 2.63. The van der Waals surface area contributed by atoms with E-state index in [0.29, 0.717) is 25.8 Å². The van der Waals surface area contributed by atoms with Crippen molar-refractivity contribution in [2.24, 2.45) is 5.73 Å². The van der Waals surface area contributed by atoms with Crippen molar-refractivity contribution in [2.45, 2.75) is 51.1 Å². The third-order valence-electron chi connectivity index (χ3n) is 4.01. The van der Waals surface area contributed by atoms with Crippen molar-refractivity contribution < 1.29 is 9.59 Å². The number of aromatic amines is 2. The van der Waals surface area contributed by atoms with E-state index in [1.54, 1.807) is 25.0 Å². The van der Waals surface area contributed by atoms with Gasteiger partial charge in [-0.3, -0.25) is 9.59 Å². The molecule has 0 aliphatic carbocycles. The van der Waals surface area contributed by atoms with E-state index < -0.39 is 6.04 Å². The summed E-state index contributed by atoms with van der Waals surface area (Å²) in [6.07, 6.45) is 9.17. The van der Waals surface area contributed by atoms with Crippen LogP contribution < -0.4 is 11.1 Å². The van der Waals surface area contributed by atoms with Crippen molar-refractivity contribution >= 4 is 11.6 Å². The molecule has 0 aliphatic heterocycles. The van der Waals surface area contributed by atoms with E-state index in [1.165, 1.54) is 0 Å². The van der Waals surface area contributed by atoms with E-state index in [0.717, 1.165) is 17.8 Å². The summed E-state index contributed by atoms with van der Waals surface area (Å²) in [7, 11) is 0. The first-order chi connectivity index (χ1) is 12.1. The molecule has 2 rings (SSSR count). The molecule has 0 saturated carbocycles. The van der Waals surface area contributed by atoms with Crippen molar-refractivity contribution in [2.75, 3.05) is 6.54 Å². The Morgan fingerprint density at radius 2 is 1.72 bits per heavy atom. The van der Waals surface area contributed by atoms with Crippen molar-refractivity contribution in [3.63, 3.8) is 0 Å². The number of carbonyl (C=O) groups excluding carboxylic acids is 2. The number of nitrogens with zero attached hydrogens (tertiary/aromatic N) is 2. The first kappa shape index (κ1) is 19.0. The van der Waals surface area contributed by atoms with E-state index in [1.807, 2.05) is 6.92 Å². The van der Waals surface area contributed by atoms with Crippen LogP contribution >= 0.6 is 0 Å². The number of aromatic nitrogens is 4. The lowest BCUT2D eigenvalue weighted by Crippen LogP contribution is -2.41. The van der Waals surface area contributed by atoms with Crippen LogP contribution in [0.5, 0.6) is 0 Å². The molecule has 2 aromatic heterocycles. The molecular formula is C17H26N6O2. The minimum Gasteiger partial charge on any atom is -0.351 e. The summed E-state index contributed by atoms with van der Waals surface area (Å²) in [4.78, 5) is 38.4. The second-order valence-corrected chi connectivity index (χ2v) is 6.08. The second-order valence-electron chi connectivity index (χ2n) is 6.08. The molecule has 0 spiro atoms. The minimum atomic E-state index is -0.582. The smallest absolute Gasteiger partial charge is 0.151 e. The lowest BCUT2D eigenvalue weighted by Gasteiger charge is -2.17. The quantitative estimate of drug-likeness (QED) is 0.444. The Morgan fingerprint density at radius 3 is 2.28 bits per heavy atom. The molecule has 0 unspecified atom stereocenters. The van der Waals surface area contributed by atoms with Gasteiger partial charge in [-0.05, 0) is 6.42 Å². The highest BCUT2D eigenvalue weighted by atomic mass is 16.1. The van der Waals surface area contributed by atoms with Gasteiger partial charge in [0.2, 0.25) is 0 Å². The summed E-state index contributed by atoms with van der Waals surface area (Å²) in [5.74, 6) is 0.0933. The van der Waals surface area contributed by atoms with Gasteiger partial charge < -0.3 is 21.0 Å². The van der Waals surface area contributed by atoms with Crippen LogP contribution in [0.25, 0.3) is 0 Å². The van der Waals surface area contributed by atoms with Crippen LogP contribution in [0, 0.1) is 0 Å². The lowest BCUT2D eigenvalue weighted by atomic mass is 10.0. The van der Waals surface area contributed by atoms with Crippen LogP contribution in [0.3, 0.4) is 0 Å². The van der Waals surface area contributed by atoms with Crippen molar-refractivity contribution in [1.29, 1.82) is 0 Å². The number of H-pyrrole nitrogens is 2. The lowest BCUT2D eigenvalue weighted by molar-refractivity contribution is -0.122.